The van der Waals surface area contributed by atoms with Crippen LogP contribution in [0.2, 0.25) is 5.02 Å². The molecule has 1 aliphatic heterocycles. The van der Waals surface area contributed by atoms with E-state index in [1.54, 1.807) is 48.5 Å². The molecule has 1 N–H and O–H groups in total. The van der Waals surface area contributed by atoms with Crippen LogP contribution in [-0.4, -0.2) is 81.8 Å². The number of benzene rings is 2. The lowest BCUT2D eigenvalue weighted by molar-refractivity contribution is -0.141. The number of unbranched alkanes of at least 4 members (excludes halogenated alkanes) is 1. The predicted molar refractivity (Wildman–Crippen MR) is 180 cm³/mol. The highest BCUT2D eigenvalue weighted by atomic mass is 35.5. The first-order valence-electron chi connectivity index (χ1n) is 15.7. The molecule has 3 rings (SSSR count). The van der Waals surface area contributed by atoms with Gasteiger partial charge in [0, 0.05) is 42.9 Å². The molecule has 0 aromatic heterocycles. The molecule has 2 amide bonds. The molecule has 1 aliphatic rings. The average Bonchev–Trinajstić information content (AvgIpc) is 2.93. The van der Waals surface area contributed by atoms with E-state index in [9.17, 15) is 24.1 Å². The third-order valence-electron chi connectivity index (χ3n) is 7.61. The Balaban J connectivity index is 1.84. The summed E-state index contributed by atoms with van der Waals surface area (Å²) in [6, 6.07) is 15.4. The van der Waals surface area contributed by atoms with E-state index in [1.807, 2.05) is 53.4 Å². The second kappa shape index (κ2) is 15.3. The fourth-order valence-corrected chi connectivity index (χ4v) is 8.78. The molecular weight excluding hydrogens is 631 g/mol. The summed E-state index contributed by atoms with van der Waals surface area (Å²) >= 11 is 6.52. The normalized spacial score (nSPS) is 20.6. The molecule has 0 spiro atoms. The summed E-state index contributed by atoms with van der Waals surface area (Å²) in [6.07, 6.45) is -1.08. The standard InChI is InChI=1S/C34H48ClN2O8P/c1-8-43-46(42)22-21-36(23-25-15-9-10-16-26(25)27-17-11-12-18-28(27)35)24-34(46,29(38)39)19-13-14-20-37(30(40)44-32(2,3)4)31(41)45-33(5,6)7/h9-12,15-18H,8,13-14,19-24H2,1-7H3,(H,38,39). The van der Waals surface area contributed by atoms with Crippen molar-refractivity contribution in [3.63, 3.8) is 0 Å². The number of carboxylic acid groups (broad SMARTS) is 1. The number of nitrogens with zero attached hydrogens (tertiary/aromatic N) is 2. The van der Waals surface area contributed by atoms with Crippen molar-refractivity contribution in [2.45, 2.75) is 90.6 Å². The maximum Gasteiger partial charge on any atom is 0.419 e. The maximum absolute atomic E-state index is 14.3. The van der Waals surface area contributed by atoms with E-state index in [4.69, 9.17) is 25.6 Å². The number of imide groups is 1. The van der Waals surface area contributed by atoms with Crippen LogP contribution in [0.4, 0.5) is 9.59 Å². The molecule has 2 aromatic carbocycles. The molecule has 1 saturated heterocycles. The molecule has 0 radical (unpaired) electrons. The maximum atomic E-state index is 14.3. The number of ether oxygens (including phenoxy) is 2. The third kappa shape index (κ3) is 9.57. The smallest absolute Gasteiger partial charge is 0.419 e. The topological polar surface area (TPSA) is 123 Å². The van der Waals surface area contributed by atoms with Gasteiger partial charge in [-0.25, -0.2) is 14.5 Å². The van der Waals surface area contributed by atoms with Gasteiger partial charge in [-0.1, -0.05) is 54.1 Å². The van der Waals surface area contributed by atoms with Gasteiger partial charge in [0.2, 0.25) is 7.37 Å². The minimum atomic E-state index is -3.65. The summed E-state index contributed by atoms with van der Waals surface area (Å²) in [5, 5.41) is 9.62. The Kier molecular flexibility index (Phi) is 12.5. The van der Waals surface area contributed by atoms with Crippen LogP contribution in [0.5, 0.6) is 0 Å². The van der Waals surface area contributed by atoms with E-state index in [0.717, 1.165) is 21.6 Å². The van der Waals surface area contributed by atoms with Crippen LogP contribution in [0.15, 0.2) is 48.5 Å². The Labute approximate surface area is 277 Å². The summed E-state index contributed by atoms with van der Waals surface area (Å²) in [5.74, 6) is -1.19. The molecule has 254 valence electrons. The Morgan fingerprint density at radius 2 is 1.50 bits per heavy atom. The van der Waals surface area contributed by atoms with Crippen molar-refractivity contribution in [1.29, 1.82) is 0 Å². The van der Waals surface area contributed by atoms with Gasteiger partial charge in [-0.05, 0) is 84.9 Å². The van der Waals surface area contributed by atoms with E-state index in [1.165, 1.54) is 0 Å². The van der Waals surface area contributed by atoms with Gasteiger partial charge in [0.05, 0.1) is 6.61 Å². The largest absolute Gasteiger partial charge is 0.480 e. The number of amides is 2. The monoisotopic (exact) mass is 678 g/mol. The highest BCUT2D eigenvalue weighted by Gasteiger charge is 2.58. The zero-order chi connectivity index (χ0) is 34.3. The SMILES string of the molecule is CCOP1(=O)CCN(Cc2ccccc2-c2ccccc2Cl)CC1(CCCCN(C(=O)OC(C)(C)C)C(=O)OC(C)(C)C)C(=O)O. The van der Waals surface area contributed by atoms with Crippen molar-refractivity contribution < 1.29 is 38.1 Å². The summed E-state index contributed by atoms with van der Waals surface area (Å²) < 4.78 is 31.0. The Bertz CT molecular complexity index is 1410. The van der Waals surface area contributed by atoms with E-state index < -0.39 is 41.9 Å². The Hall–Kier alpha value is -2.91. The molecule has 2 unspecified atom stereocenters. The number of hydrogen-bond donors (Lipinski definition) is 1. The van der Waals surface area contributed by atoms with Gasteiger partial charge in [0.15, 0.2) is 5.16 Å². The van der Waals surface area contributed by atoms with Gasteiger partial charge in [0.25, 0.3) is 0 Å². The molecule has 2 aromatic rings. The zero-order valence-electron chi connectivity index (χ0n) is 28.0. The number of halogens is 1. The van der Waals surface area contributed by atoms with Crippen molar-refractivity contribution in [2.75, 3.05) is 32.4 Å². The highest BCUT2D eigenvalue weighted by molar-refractivity contribution is 7.62. The molecule has 1 heterocycles. The molecule has 0 saturated carbocycles. The quantitative estimate of drug-likeness (QED) is 0.185. The van der Waals surface area contributed by atoms with Crippen molar-refractivity contribution in [2.24, 2.45) is 0 Å². The van der Waals surface area contributed by atoms with Crippen LogP contribution in [-0.2, 0) is 29.9 Å². The van der Waals surface area contributed by atoms with E-state index in [0.29, 0.717) is 18.1 Å². The van der Waals surface area contributed by atoms with Crippen LogP contribution in [0, 0.1) is 0 Å². The average molecular weight is 679 g/mol. The van der Waals surface area contributed by atoms with Gasteiger partial charge in [0.1, 0.15) is 11.2 Å². The summed E-state index contributed by atoms with van der Waals surface area (Å²) in [7, 11) is -3.65. The third-order valence-corrected chi connectivity index (χ3v) is 11.3. The first-order valence-corrected chi connectivity index (χ1v) is 17.9. The number of hydrogen-bond acceptors (Lipinski definition) is 8. The van der Waals surface area contributed by atoms with E-state index >= 15 is 0 Å². The molecule has 10 nitrogen and oxygen atoms in total. The number of carbonyl (C=O) groups excluding carboxylic acids is 2. The molecule has 1 fully saturated rings. The summed E-state index contributed by atoms with van der Waals surface area (Å²) in [6.45, 7) is 12.8. The molecule has 46 heavy (non-hydrogen) atoms. The highest BCUT2D eigenvalue weighted by Crippen LogP contribution is 2.63. The number of aliphatic carboxylic acids is 1. The van der Waals surface area contributed by atoms with E-state index in [-0.39, 0.29) is 45.1 Å². The number of carboxylic acids is 1. The van der Waals surface area contributed by atoms with Gasteiger partial charge in [-0.2, -0.15) is 0 Å². The van der Waals surface area contributed by atoms with Gasteiger partial charge >= 0.3 is 18.2 Å². The van der Waals surface area contributed by atoms with Crippen molar-refractivity contribution in [3.8, 4) is 11.1 Å². The fourth-order valence-electron chi connectivity index (χ4n) is 5.57. The first kappa shape index (κ1) is 37.5. The van der Waals surface area contributed by atoms with Crippen molar-refractivity contribution >= 4 is 37.1 Å². The lowest BCUT2D eigenvalue weighted by Gasteiger charge is -2.45. The van der Waals surface area contributed by atoms with Crippen LogP contribution >= 0.6 is 19.0 Å². The minimum absolute atomic E-state index is 0.0122. The first-order chi connectivity index (χ1) is 21.4. The van der Waals surface area contributed by atoms with Gasteiger partial charge in [-0.15, -0.1) is 0 Å². The molecule has 0 bridgehead atoms. The summed E-state index contributed by atoms with van der Waals surface area (Å²) in [4.78, 5) is 41.9. The zero-order valence-corrected chi connectivity index (χ0v) is 29.7. The second-order valence-corrected chi connectivity index (χ2v) is 16.9. The molecular formula is C34H48ClN2O8P. The fraction of sp³-hybridized carbons (Fsp3) is 0.559. The number of carbonyl (C=O) groups is 3. The van der Waals surface area contributed by atoms with Gasteiger partial charge < -0.3 is 19.1 Å². The van der Waals surface area contributed by atoms with Crippen LogP contribution < -0.4 is 0 Å². The van der Waals surface area contributed by atoms with Crippen LogP contribution in [0.3, 0.4) is 0 Å². The molecule has 0 aliphatic carbocycles. The molecule has 2 atom stereocenters. The minimum Gasteiger partial charge on any atom is -0.480 e. The number of rotatable bonds is 11. The predicted octanol–water partition coefficient (Wildman–Crippen LogP) is 8.30. The van der Waals surface area contributed by atoms with Crippen molar-refractivity contribution in [3.05, 3.63) is 59.1 Å². The Morgan fingerprint density at radius 1 is 0.935 bits per heavy atom. The van der Waals surface area contributed by atoms with Gasteiger partial charge in [-0.3, -0.25) is 14.3 Å². The van der Waals surface area contributed by atoms with E-state index in [2.05, 4.69) is 0 Å². The summed E-state index contributed by atoms with van der Waals surface area (Å²) in [5.41, 5.74) is 1.10. The lowest BCUT2D eigenvalue weighted by Crippen LogP contribution is -2.54. The van der Waals surface area contributed by atoms with Crippen LogP contribution in [0.25, 0.3) is 11.1 Å². The lowest BCUT2D eigenvalue weighted by atomic mass is 9.97. The molecule has 12 heteroatoms. The Morgan fingerprint density at radius 3 is 2.04 bits per heavy atom. The van der Waals surface area contributed by atoms with Crippen molar-refractivity contribution in [1.82, 2.24) is 9.80 Å². The second-order valence-electron chi connectivity index (χ2n) is 13.6. The van der Waals surface area contributed by atoms with Crippen LogP contribution in [0.1, 0.15) is 73.3 Å².